The van der Waals surface area contributed by atoms with Crippen LogP contribution in [-0.2, 0) is 11.3 Å². The SMILES string of the molecule is CCNCc1ccc(N2CCC(COC)C2)c(C)c1. The van der Waals surface area contributed by atoms with E-state index in [1.54, 1.807) is 7.11 Å². The van der Waals surface area contributed by atoms with Crippen LogP contribution in [0, 0.1) is 12.8 Å². The lowest BCUT2D eigenvalue weighted by molar-refractivity contribution is 0.161. The van der Waals surface area contributed by atoms with Gasteiger partial charge in [-0.3, -0.25) is 0 Å². The van der Waals surface area contributed by atoms with E-state index in [2.05, 4.69) is 42.3 Å². The van der Waals surface area contributed by atoms with Gasteiger partial charge in [-0.25, -0.2) is 0 Å². The third-order valence-corrected chi connectivity index (χ3v) is 3.87. The second-order valence-corrected chi connectivity index (χ2v) is 5.46. The minimum Gasteiger partial charge on any atom is -0.384 e. The Hall–Kier alpha value is -1.06. The molecule has 1 heterocycles. The first-order chi connectivity index (χ1) is 9.24. The van der Waals surface area contributed by atoms with Gasteiger partial charge in [0.15, 0.2) is 0 Å². The maximum Gasteiger partial charge on any atom is 0.0508 e. The van der Waals surface area contributed by atoms with Crippen LogP contribution in [0.3, 0.4) is 0 Å². The van der Waals surface area contributed by atoms with Gasteiger partial charge in [-0.1, -0.05) is 19.1 Å². The number of methoxy groups -OCH3 is 1. The smallest absolute Gasteiger partial charge is 0.0508 e. The third-order valence-electron chi connectivity index (χ3n) is 3.87. The van der Waals surface area contributed by atoms with Crippen molar-refractivity contribution in [1.29, 1.82) is 0 Å². The molecule has 1 aliphatic rings. The van der Waals surface area contributed by atoms with Crippen LogP contribution < -0.4 is 10.2 Å². The van der Waals surface area contributed by atoms with Crippen molar-refractivity contribution in [1.82, 2.24) is 5.32 Å². The quantitative estimate of drug-likeness (QED) is 0.853. The first kappa shape index (κ1) is 14.4. The molecule has 1 unspecified atom stereocenters. The highest BCUT2D eigenvalue weighted by Crippen LogP contribution is 2.27. The molecule has 2 rings (SSSR count). The summed E-state index contributed by atoms with van der Waals surface area (Å²) in [5.74, 6) is 0.686. The lowest BCUT2D eigenvalue weighted by Gasteiger charge is -2.21. The van der Waals surface area contributed by atoms with Gasteiger partial charge in [0.05, 0.1) is 6.61 Å². The number of hydrogen-bond donors (Lipinski definition) is 1. The molecule has 0 saturated carbocycles. The van der Waals surface area contributed by atoms with Crippen LogP contribution in [0.15, 0.2) is 18.2 Å². The zero-order valence-electron chi connectivity index (χ0n) is 12.4. The van der Waals surface area contributed by atoms with E-state index in [1.807, 2.05) is 0 Å². The van der Waals surface area contributed by atoms with Crippen LogP contribution in [0.4, 0.5) is 5.69 Å². The van der Waals surface area contributed by atoms with Gasteiger partial charge in [-0.05, 0) is 37.1 Å². The molecule has 1 aromatic rings. The third kappa shape index (κ3) is 3.71. The summed E-state index contributed by atoms with van der Waals surface area (Å²) in [4.78, 5) is 2.50. The van der Waals surface area contributed by atoms with Gasteiger partial charge in [0.2, 0.25) is 0 Å². The van der Waals surface area contributed by atoms with E-state index in [-0.39, 0.29) is 0 Å². The summed E-state index contributed by atoms with van der Waals surface area (Å²) in [5.41, 5.74) is 4.14. The van der Waals surface area contributed by atoms with E-state index in [0.717, 1.165) is 32.8 Å². The van der Waals surface area contributed by atoms with Gasteiger partial charge < -0.3 is 15.0 Å². The number of aryl methyl sites for hydroxylation is 1. The minimum absolute atomic E-state index is 0.686. The number of benzene rings is 1. The molecule has 1 N–H and O–H groups in total. The van der Waals surface area contributed by atoms with Gasteiger partial charge >= 0.3 is 0 Å². The molecular weight excluding hydrogens is 236 g/mol. The number of hydrogen-bond acceptors (Lipinski definition) is 3. The van der Waals surface area contributed by atoms with Gasteiger partial charge in [0.1, 0.15) is 0 Å². The van der Waals surface area contributed by atoms with Crippen molar-refractivity contribution < 1.29 is 4.74 Å². The first-order valence-electron chi connectivity index (χ1n) is 7.28. The molecule has 106 valence electrons. The molecule has 0 aromatic heterocycles. The topological polar surface area (TPSA) is 24.5 Å². The van der Waals surface area contributed by atoms with Crippen molar-refractivity contribution in [3.63, 3.8) is 0 Å². The fourth-order valence-corrected chi connectivity index (χ4v) is 2.87. The maximum absolute atomic E-state index is 5.27. The average Bonchev–Trinajstić information content (AvgIpc) is 2.85. The van der Waals surface area contributed by atoms with Crippen LogP contribution in [0.25, 0.3) is 0 Å². The Bertz CT molecular complexity index is 406. The van der Waals surface area contributed by atoms with Crippen LogP contribution in [0.2, 0.25) is 0 Å². The van der Waals surface area contributed by atoms with Crippen molar-refractivity contribution in [2.75, 3.05) is 38.3 Å². The second kappa shape index (κ2) is 6.92. The monoisotopic (exact) mass is 262 g/mol. The number of nitrogens with one attached hydrogen (secondary N) is 1. The summed E-state index contributed by atoms with van der Waals surface area (Å²) in [7, 11) is 1.80. The van der Waals surface area contributed by atoms with Gasteiger partial charge in [0, 0.05) is 38.3 Å². The van der Waals surface area contributed by atoms with E-state index in [0.29, 0.717) is 5.92 Å². The van der Waals surface area contributed by atoms with Crippen molar-refractivity contribution in [3.8, 4) is 0 Å². The molecule has 1 fully saturated rings. The van der Waals surface area contributed by atoms with Crippen LogP contribution in [0.1, 0.15) is 24.5 Å². The molecule has 0 bridgehead atoms. The second-order valence-electron chi connectivity index (χ2n) is 5.46. The Balaban J connectivity index is 2.01. The fourth-order valence-electron chi connectivity index (χ4n) is 2.87. The minimum atomic E-state index is 0.686. The molecule has 0 spiro atoms. The summed E-state index contributed by atoms with van der Waals surface area (Å²) in [6.45, 7) is 9.50. The summed E-state index contributed by atoms with van der Waals surface area (Å²) in [6, 6.07) is 6.83. The van der Waals surface area contributed by atoms with Gasteiger partial charge in [0.25, 0.3) is 0 Å². The molecular formula is C16H26N2O. The van der Waals surface area contributed by atoms with Crippen LogP contribution in [-0.4, -0.2) is 33.4 Å². The molecule has 0 radical (unpaired) electrons. The van der Waals surface area contributed by atoms with Gasteiger partial charge in [-0.15, -0.1) is 0 Å². The standard InChI is InChI=1S/C16H26N2O/c1-4-17-10-14-5-6-16(13(2)9-14)18-8-7-15(11-18)12-19-3/h5-6,9,15,17H,4,7-8,10-12H2,1-3H3. The van der Waals surface area contributed by atoms with Crippen LogP contribution >= 0.6 is 0 Å². The molecule has 1 aliphatic heterocycles. The maximum atomic E-state index is 5.27. The van der Waals surface area contributed by atoms with Crippen molar-refractivity contribution in [2.45, 2.75) is 26.8 Å². The number of rotatable bonds is 6. The Morgan fingerprint density at radius 2 is 2.26 bits per heavy atom. The molecule has 0 aliphatic carbocycles. The van der Waals surface area contributed by atoms with E-state index in [1.165, 1.54) is 23.2 Å². The van der Waals surface area contributed by atoms with E-state index in [9.17, 15) is 0 Å². The highest BCUT2D eigenvalue weighted by atomic mass is 16.5. The molecule has 0 amide bonds. The Morgan fingerprint density at radius 1 is 1.42 bits per heavy atom. The number of ether oxygens (including phenoxy) is 1. The predicted molar refractivity (Wildman–Crippen MR) is 80.8 cm³/mol. The zero-order valence-corrected chi connectivity index (χ0v) is 12.4. The molecule has 1 atom stereocenters. The highest BCUT2D eigenvalue weighted by molar-refractivity contribution is 5.55. The summed E-state index contributed by atoms with van der Waals surface area (Å²) < 4.78 is 5.27. The van der Waals surface area contributed by atoms with Crippen molar-refractivity contribution in [2.24, 2.45) is 5.92 Å². The normalized spacial score (nSPS) is 19.1. The fraction of sp³-hybridized carbons (Fsp3) is 0.625. The van der Waals surface area contributed by atoms with E-state index >= 15 is 0 Å². The molecule has 19 heavy (non-hydrogen) atoms. The van der Waals surface area contributed by atoms with Crippen LogP contribution in [0.5, 0.6) is 0 Å². The molecule has 3 nitrogen and oxygen atoms in total. The Morgan fingerprint density at radius 3 is 2.95 bits per heavy atom. The largest absolute Gasteiger partial charge is 0.384 e. The lowest BCUT2D eigenvalue weighted by atomic mass is 10.1. The lowest BCUT2D eigenvalue weighted by Crippen LogP contribution is -2.22. The molecule has 1 aromatic carbocycles. The summed E-state index contributed by atoms with van der Waals surface area (Å²) in [5, 5.41) is 3.37. The van der Waals surface area contributed by atoms with E-state index in [4.69, 9.17) is 4.74 Å². The van der Waals surface area contributed by atoms with Crippen molar-refractivity contribution >= 4 is 5.69 Å². The molecule has 3 heteroatoms. The van der Waals surface area contributed by atoms with E-state index < -0.39 is 0 Å². The first-order valence-corrected chi connectivity index (χ1v) is 7.28. The number of nitrogens with zero attached hydrogens (tertiary/aromatic N) is 1. The Labute approximate surface area is 116 Å². The summed E-state index contributed by atoms with van der Waals surface area (Å²) in [6.07, 6.45) is 1.24. The molecule has 1 saturated heterocycles. The Kier molecular flexibility index (Phi) is 5.23. The predicted octanol–water partition coefficient (Wildman–Crippen LogP) is 2.58. The number of anilines is 1. The highest BCUT2D eigenvalue weighted by Gasteiger charge is 2.23. The average molecular weight is 262 g/mol. The summed E-state index contributed by atoms with van der Waals surface area (Å²) >= 11 is 0. The van der Waals surface area contributed by atoms with Crippen molar-refractivity contribution in [3.05, 3.63) is 29.3 Å². The van der Waals surface area contributed by atoms with Gasteiger partial charge in [-0.2, -0.15) is 0 Å². The zero-order chi connectivity index (χ0) is 13.7.